The van der Waals surface area contributed by atoms with Gasteiger partial charge in [0.15, 0.2) is 12.2 Å². The van der Waals surface area contributed by atoms with E-state index in [4.69, 9.17) is 4.42 Å². The molecule has 1 aliphatic carbocycles. The summed E-state index contributed by atoms with van der Waals surface area (Å²) in [5.41, 5.74) is 3.32. The minimum atomic E-state index is 0.904. The van der Waals surface area contributed by atoms with Gasteiger partial charge in [0, 0.05) is 16.5 Å². The van der Waals surface area contributed by atoms with Gasteiger partial charge in [-0.05, 0) is 5.39 Å². The maximum Gasteiger partial charge on any atom is 0.182 e. The Kier molecular flexibility index (Phi) is 1.10. The quantitative estimate of drug-likeness (QED) is 0.427. The Morgan fingerprint density at radius 3 is 2.60 bits per heavy atom. The van der Waals surface area contributed by atoms with Crippen LogP contribution in [0.25, 0.3) is 33.4 Å². The first-order valence-corrected chi connectivity index (χ1v) is 4.91. The predicted octanol–water partition coefficient (Wildman–Crippen LogP) is 3.48. The first-order valence-electron chi connectivity index (χ1n) is 4.91. The minimum absolute atomic E-state index is 0.904. The Morgan fingerprint density at radius 1 is 0.933 bits per heavy atom. The van der Waals surface area contributed by atoms with Crippen molar-refractivity contribution in [3.05, 3.63) is 42.8 Å². The number of fused-ring (bicyclic) bond motifs is 3. The lowest BCUT2D eigenvalue weighted by Gasteiger charge is -1.99. The van der Waals surface area contributed by atoms with Crippen LogP contribution in [0, 0.1) is 0 Å². The van der Waals surface area contributed by atoms with E-state index < -0.39 is 0 Å². The highest BCUT2D eigenvalue weighted by atomic mass is 16.3. The maximum atomic E-state index is 5.44. The van der Waals surface area contributed by atoms with Crippen molar-refractivity contribution in [1.82, 2.24) is 4.98 Å². The molecule has 2 aromatic carbocycles. The monoisotopic (exact) mass is 193 g/mol. The van der Waals surface area contributed by atoms with Crippen LogP contribution in [0.15, 0.2) is 47.2 Å². The van der Waals surface area contributed by atoms with Gasteiger partial charge in [0.05, 0.1) is 0 Å². The van der Waals surface area contributed by atoms with E-state index in [1.54, 1.807) is 0 Å². The van der Waals surface area contributed by atoms with E-state index in [-0.39, 0.29) is 0 Å². The van der Waals surface area contributed by atoms with Crippen molar-refractivity contribution in [2.24, 2.45) is 0 Å². The molecule has 15 heavy (non-hydrogen) atoms. The van der Waals surface area contributed by atoms with Gasteiger partial charge < -0.3 is 4.42 Å². The van der Waals surface area contributed by atoms with Crippen molar-refractivity contribution in [3.63, 3.8) is 0 Å². The van der Waals surface area contributed by atoms with Gasteiger partial charge in [-0.25, -0.2) is 4.98 Å². The van der Waals surface area contributed by atoms with Crippen molar-refractivity contribution in [3.8, 4) is 22.6 Å². The van der Waals surface area contributed by atoms with Crippen molar-refractivity contribution in [2.75, 3.05) is 0 Å². The lowest BCUT2D eigenvalue weighted by Crippen LogP contribution is -1.75. The van der Waals surface area contributed by atoms with E-state index in [1.165, 1.54) is 22.7 Å². The summed E-state index contributed by atoms with van der Waals surface area (Å²) in [5, 5.41) is 2.51. The molecule has 0 fully saturated rings. The van der Waals surface area contributed by atoms with Crippen molar-refractivity contribution < 1.29 is 4.42 Å². The number of nitrogens with zero attached hydrogens (tertiary/aromatic N) is 1. The molecule has 0 N–H and O–H groups in total. The first kappa shape index (κ1) is 7.23. The molecule has 1 aromatic heterocycles. The summed E-state index contributed by atoms with van der Waals surface area (Å²) in [4.78, 5) is 4.27. The van der Waals surface area contributed by atoms with Crippen LogP contribution in [0.3, 0.4) is 0 Å². The van der Waals surface area contributed by atoms with Crippen LogP contribution in [0.2, 0.25) is 0 Å². The molecule has 0 amide bonds. The second-order valence-electron chi connectivity index (χ2n) is 3.74. The van der Waals surface area contributed by atoms with Crippen LogP contribution in [-0.2, 0) is 0 Å². The third-order valence-electron chi connectivity index (χ3n) is 2.97. The molecule has 0 saturated heterocycles. The first-order chi connectivity index (χ1) is 7.45. The maximum absolute atomic E-state index is 5.44. The van der Waals surface area contributed by atoms with E-state index in [1.807, 2.05) is 0 Å². The Bertz CT molecular complexity index is 629. The van der Waals surface area contributed by atoms with E-state index in [2.05, 4.69) is 41.4 Å². The molecule has 2 heteroatoms. The third kappa shape index (κ3) is 0.734. The normalized spacial score (nSPS) is 12.0. The molecule has 0 spiro atoms. The number of hydrogen-bond donors (Lipinski definition) is 0. The summed E-state index contributed by atoms with van der Waals surface area (Å²) in [7, 11) is 0. The van der Waals surface area contributed by atoms with E-state index >= 15 is 0 Å². The summed E-state index contributed by atoms with van der Waals surface area (Å²) >= 11 is 0. The van der Waals surface area contributed by atoms with Gasteiger partial charge in [0.25, 0.3) is 0 Å². The van der Waals surface area contributed by atoms with Crippen LogP contribution >= 0.6 is 0 Å². The zero-order valence-corrected chi connectivity index (χ0v) is 7.90. The second kappa shape index (κ2) is 2.28. The summed E-state index contributed by atoms with van der Waals surface area (Å²) < 4.78 is 5.44. The van der Waals surface area contributed by atoms with Gasteiger partial charge in [-0.1, -0.05) is 36.4 Å². The molecule has 0 bridgehead atoms. The zero-order chi connectivity index (χ0) is 9.83. The van der Waals surface area contributed by atoms with Crippen LogP contribution in [-0.4, -0.2) is 4.98 Å². The fraction of sp³-hybridized carbons (Fsp3) is 0. The van der Waals surface area contributed by atoms with Crippen LogP contribution in [0.1, 0.15) is 0 Å². The molecule has 2 nitrogen and oxygen atoms in total. The molecule has 0 unspecified atom stereocenters. The minimum Gasteiger partial charge on any atom is -0.443 e. The molecule has 0 radical (unpaired) electrons. The summed E-state index contributed by atoms with van der Waals surface area (Å²) in [6, 6.07) is 12.5. The Labute approximate surface area is 86.2 Å². The smallest absolute Gasteiger partial charge is 0.182 e. The van der Waals surface area contributed by atoms with Crippen molar-refractivity contribution in [2.45, 2.75) is 0 Å². The standard InChI is InChI=1S/C13H7NO/c1-3-8-4-2-6-10-11(8)9(5-1)12-13(10)15-7-14-12/h1-7H. The lowest BCUT2D eigenvalue weighted by molar-refractivity contribution is 0.573. The van der Waals surface area contributed by atoms with Gasteiger partial charge in [-0.15, -0.1) is 0 Å². The zero-order valence-electron chi connectivity index (χ0n) is 7.90. The van der Waals surface area contributed by atoms with Crippen LogP contribution in [0.4, 0.5) is 0 Å². The van der Waals surface area contributed by atoms with Crippen LogP contribution in [0.5, 0.6) is 0 Å². The lowest BCUT2D eigenvalue weighted by atomic mass is 10.0. The van der Waals surface area contributed by atoms with E-state index in [0.717, 1.165) is 17.0 Å². The number of oxazole rings is 1. The molecule has 0 aliphatic heterocycles. The molecular formula is C13H7NO. The molecular weight excluding hydrogens is 186 g/mol. The molecule has 4 rings (SSSR count). The molecule has 70 valence electrons. The average Bonchev–Trinajstić information content (AvgIpc) is 2.84. The van der Waals surface area contributed by atoms with Crippen molar-refractivity contribution >= 4 is 10.8 Å². The van der Waals surface area contributed by atoms with Gasteiger partial charge in [0.2, 0.25) is 0 Å². The van der Waals surface area contributed by atoms with E-state index in [0.29, 0.717) is 0 Å². The van der Waals surface area contributed by atoms with Gasteiger partial charge in [-0.2, -0.15) is 0 Å². The van der Waals surface area contributed by atoms with Crippen LogP contribution < -0.4 is 0 Å². The average molecular weight is 193 g/mol. The largest absolute Gasteiger partial charge is 0.443 e. The fourth-order valence-corrected chi connectivity index (χ4v) is 2.36. The van der Waals surface area contributed by atoms with Gasteiger partial charge in [0.1, 0.15) is 5.69 Å². The highest BCUT2D eigenvalue weighted by Gasteiger charge is 2.24. The molecule has 3 aromatic rings. The summed E-state index contributed by atoms with van der Waals surface area (Å²) in [6.07, 6.45) is 1.51. The Balaban J connectivity index is 2.35. The number of benzene rings is 2. The van der Waals surface area contributed by atoms with E-state index in [9.17, 15) is 0 Å². The van der Waals surface area contributed by atoms with Gasteiger partial charge >= 0.3 is 0 Å². The Morgan fingerprint density at radius 2 is 1.73 bits per heavy atom. The molecule has 0 saturated carbocycles. The summed E-state index contributed by atoms with van der Waals surface area (Å²) in [5.74, 6) is 0.904. The molecule has 1 aliphatic rings. The molecule has 1 heterocycles. The second-order valence-corrected chi connectivity index (χ2v) is 3.74. The number of hydrogen-bond acceptors (Lipinski definition) is 2. The highest BCUT2D eigenvalue weighted by Crippen LogP contribution is 2.45. The predicted molar refractivity (Wildman–Crippen MR) is 58.4 cm³/mol. The topological polar surface area (TPSA) is 26.0 Å². The third-order valence-corrected chi connectivity index (χ3v) is 2.97. The highest BCUT2D eigenvalue weighted by molar-refractivity contribution is 6.12. The number of rotatable bonds is 0. The molecule has 0 atom stereocenters. The van der Waals surface area contributed by atoms with Crippen molar-refractivity contribution in [1.29, 1.82) is 0 Å². The van der Waals surface area contributed by atoms with Gasteiger partial charge in [-0.3, -0.25) is 0 Å². The summed E-state index contributed by atoms with van der Waals surface area (Å²) in [6.45, 7) is 0. The Hall–Kier alpha value is -2.09. The number of aromatic nitrogens is 1. The SMILES string of the molecule is c1cc2c3c(cccc3c1)-c1ocnc1-2. The fourth-order valence-electron chi connectivity index (χ4n) is 2.36.